The van der Waals surface area contributed by atoms with Crippen molar-refractivity contribution in [2.75, 3.05) is 0 Å². The van der Waals surface area contributed by atoms with E-state index < -0.39 is 20.7 Å². The molecule has 1 aliphatic rings. The highest BCUT2D eigenvalue weighted by molar-refractivity contribution is 8.01. The maximum absolute atomic E-state index is 12.0. The van der Waals surface area contributed by atoms with Crippen molar-refractivity contribution in [3.05, 3.63) is 24.3 Å². The van der Waals surface area contributed by atoms with Crippen LogP contribution in [0, 0.1) is 0 Å². The normalized spacial score (nSPS) is 16.1. The summed E-state index contributed by atoms with van der Waals surface area (Å²) in [5.74, 6) is -0.908. The van der Waals surface area contributed by atoms with Crippen molar-refractivity contribution in [1.82, 2.24) is 4.72 Å². The number of hydrogen-bond acceptors (Lipinski definition) is 4. The third-order valence-electron chi connectivity index (χ3n) is 2.92. The van der Waals surface area contributed by atoms with Gasteiger partial charge in [0.25, 0.3) is 0 Å². The number of hydrogen-bond donors (Lipinski definition) is 2. The molecule has 2 rings (SSSR count). The Morgan fingerprint density at radius 1 is 1.30 bits per heavy atom. The molecule has 0 spiro atoms. The Morgan fingerprint density at radius 2 is 1.85 bits per heavy atom. The molecule has 1 aliphatic carbocycles. The van der Waals surface area contributed by atoms with Gasteiger partial charge in [0, 0.05) is 10.9 Å². The average Bonchev–Trinajstić information content (AvgIpc) is 3.12. The Labute approximate surface area is 122 Å². The van der Waals surface area contributed by atoms with Crippen molar-refractivity contribution in [2.24, 2.45) is 0 Å². The van der Waals surface area contributed by atoms with Crippen LogP contribution in [0.2, 0.25) is 0 Å². The van der Waals surface area contributed by atoms with E-state index in [0.29, 0.717) is 0 Å². The molecule has 0 atom stereocenters. The van der Waals surface area contributed by atoms with E-state index in [1.807, 2.05) is 0 Å². The van der Waals surface area contributed by atoms with E-state index >= 15 is 0 Å². The first-order valence-electron chi connectivity index (χ1n) is 6.25. The molecule has 7 heteroatoms. The molecule has 0 saturated heterocycles. The van der Waals surface area contributed by atoms with E-state index in [1.165, 1.54) is 23.9 Å². The lowest BCUT2D eigenvalue weighted by Crippen LogP contribution is -2.27. The van der Waals surface area contributed by atoms with Gasteiger partial charge >= 0.3 is 5.97 Å². The minimum Gasteiger partial charge on any atom is -0.480 e. The highest BCUT2D eigenvalue weighted by Crippen LogP contribution is 2.33. The second kappa shape index (κ2) is 5.38. The lowest BCUT2D eigenvalue weighted by atomic mass is 10.2. The van der Waals surface area contributed by atoms with Crippen molar-refractivity contribution in [3.8, 4) is 0 Å². The van der Waals surface area contributed by atoms with Crippen LogP contribution in [0.4, 0.5) is 0 Å². The Morgan fingerprint density at radius 3 is 2.30 bits per heavy atom. The number of sulfonamides is 1. The summed E-state index contributed by atoms with van der Waals surface area (Å²) in [6, 6.07) is 6.35. The number of carboxylic acids is 1. The first-order valence-corrected chi connectivity index (χ1v) is 8.55. The lowest BCUT2D eigenvalue weighted by Gasteiger charge is -2.18. The van der Waals surface area contributed by atoms with Gasteiger partial charge in [-0.3, -0.25) is 4.79 Å². The summed E-state index contributed by atoms with van der Waals surface area (Å²) >= 11 is 1.18. The van der Waals surface area contributed by atoms with Gasteiger partial charge in [0.1, 0.15) is 4.75 Å². The maximum Gasteiger partial charge on any atom is 0.319 e. The number of aliphatic carboxylic acids is 1. The Bertz CT molecular complexity index is 604. The van der Waals surface area contributed by atoms with Crippen LogP contribution in [-0.4, -0.2) is 30.3 Å². The largest absolute Gasteiger partial charge is 0.480 e. The molecule has 0 radical (unpaired) electrons. The van der Waals surface area contributed by atoms with Crippen LogP contribution in [0.1, 0.15) is 26.7 Å². The second-order valence-corrected chi connectivity index (χ2v) is 8.69. The van der Waals surface area contributed by atoms with Crippen LogP contribution >= 0.6 is 11.8 Å². The first kappa shape index (κ1) is 15.3. The number of rotatable bonds is 6. The molecule has 1 saturated carbocycles. The third-order valence-corrected chi connectivity index (χ3v) is 5.65. The Balaban J connectivity index is 2.12. The van der Waals surface area contributed by atoms with E-state index in [4.69, 9.17) is 5.11 Å². The number of benzene rings is 1. The quantitative estimate of drug-likeness (QED) is 0.785. The fraction of sp³-hybridized carbons (Fsp3) is 0.462. The first-order chi connectivity index (χ1) is 9.21. The van der Waals surface area contributed by atoms with Gasteiger partial charge in [-0.25, -0.2) is 13.1 Å². The van der Waals surface area contributed by atoms with Gasteiger partial charge < -0.3 is 5.11 Å². The minimum absolute atomic E-state index is 0.0694. The molecule has 0 amide bonds. The minimum atomic E-state index is -3.45. The highest BCUT2D eigenvalue weighted by Gasteiger charge is 2.29. The predicted molar refractivity (Wildman–Crippen MR) is 77.4 cm³/mol. The van der Waals surface area contributed by atoms with Gasteiger partial charge in [-0.1, -0.05) is 0 Å². The third kappa shape index (κ3) is 3.74. The molecule has 0 aliphatic heterocycles. The van der Waals surface area contributed by atoms with Gasteiger partial charge in [-0.05, 0) is 51.0 Å². The van der Waals surface area contributed by atoms with Crippen LogP contribution in [-0.2, 0) is 14.8 Å². The van der Waals surface area contributed by atoms with Crippen molar-refractivity contribution >= 4 is 27.8 Å². The molecule has 0 aromatic heterocycles. The standard InChI is InChI=1S/C13H17NO4S2/c1-13(2,12(15)16)19-10-5-7-11(8-6-10)20(17,18)14-9-3-4-9/h5-9,14H,3-4H2,1-2H3,(H,15,16). The molecule has 20 heavy (non-hydrogen) atoms. The maximum atomic E-state index is 12.0. The average molecular weight is 315 g/mol. The van der Waals surface area contributed by atoms with Crippen molar-refractivity contribution in [2.45, 2.75) is 47.3 Å². The fourth-order valence-corrected chi connectivity index (χ4v) is 3.77. The molecule has 5 nitrogen and oxygen atoms in total. The van der Waals surface area contributed by atoms with Crippen molar-refractivity contribution in [3.63, 3.8) is 0 Å². The Kier molecular flexibility index (Phi) is 4.13. The van der Waals surface area contributed by atoms with Crippen LogP contribution in [0.3, 0.4) is 0 Å². The topological polar surface area (TPSA) is 83.5 Å². The summed E-state index contributed by atoms with van der Waals surface area (Å²) in [4.78, 5) is 12.0. The lowest BCUT2D eigenvalue weighted by molar-refractivity contribution is -0.138. The number of carboxylic acid groups (broad SMARTS) is 1. The van der Waals surface area contributed by atoms with Crippen LogP contribution < -0.4 is 4.72 Å². The monoisotopic (exact) mass is 315 g/mol. The summed E-state index contributed by atoms with van der Waals surface area (Å²) in [5.41, 5.74) is 0. The molecule has 1 aromatic rings. The molecule has 2 N–H and O–H groups in total. The van der Waals surface area contributed by atoms with Gasteiger partial charge in [0.2, 0.25) is 10.0 Å². The van der Waals surface area contributed by atoms with E-state index in [1.54, 1.807) is 26.0 Å². The molecule has 1 aromatic carbocycles. The zero-order valence-electron chi connectivity index (χ0n) is 11.3. The molecule has 110 valence electrons. The van der Waals surface area contributed by atoms with Gasteiger partial charge in [-0.2, -0.15) is 0 Å². The number of thioether (sulfide) groups is 1. The molecule has 0 bridgehead atoms. The predicted octanol–water partition coefficient (Wildman–Crippen LogP) is 2.08. The molecule has 1 fully saturated rings. The molecular formula is C13H17NO4S2. The SMILES string of the molecule is CC(C)(Sc1ccc(S(=O)(=O)NC2CC2)cc1)C(=O)O. The number of nitrogens with one attached hydrogen (secondary N) is 1. The van der Waals surface area contributed by atoms with E-state index in [-0.39, 0.29) is 10.9 Å². The van der Waals surface area contributed by atoms with Gasteiger partial charge in [0.05, 0.1) is 4.90 Å². The van der Waals surface area contributed by atoms with Crippen LogP contribution in [0.5, 0.6) is 0 Å². The molecule has 0 heterocycles. The summed E-state index contributed by atoms with van der Waals surface area (Å²) < 4.78 is 25.6. The zero-order chi connectivity index (χ0) is 15.0. The Hall–Kier alpha value is -1.05. The van der Waals surface area contributed by atoms with Crippen LogP contribution in [0.25, 0.3) is 0 Å². The summed E-state index contributed by atoms with van der Waals surface area (Å²) in [6.45, 7) is 3.22. The smallest absolute Gasteiger partial charge is 0.319 e. The fourth-order valence-electron chi connectivity index (χ4n) is 1.51. The van der Waals surface area contributed by atoms with Gasteiger partial charge in [0.15, 0.2) is 0 Å². The second-order valence-electron chi connectivity index (χ2n) is 5.28. The zero-order valence-corrected chi connectivity index (χ0v) is 12.9. The summed E-state index contributed by atoms with van der Waals surface area (Å²) in [7, 11) is -3.45. The molecular weight excluding hydrogens is 298 g/mol. The van der Waals surface area contributed by atoms with Gasteiger partial charge in [-0.15, -0.1) is 11.8 Å². The van der Waals surface area contributed by atoms with E-state index in [2.05, 4.69) is 4.72 Å². The van der Waals surface area contributed by atoms with Crippen molar-refractivity contribution < 1.29 is 18.3 Å². The van der Waals surface area contributed by atoms with E-state index in [0.717, 1.165) is 17.7 Å². The van der Waals surface area contributed by atoms with Crippen LogP contribution in [0.15, 0.2) is 34.1 Å². The highest BCUT2D eigenvalue weighted by atomic mass is 32.2. The molecule has 0 unspecified atom stereocenters. The summed E-state index contributed by atoms with van der Waals surface area (Å²) in [5, 5.41) is 9.07. The van der Waals surface area contributed by atoms with Crippen molar-refractivity contribution in [1.29, 1.82) is 0 Å². The number of carbonyl (C=O) groups is 1. The van der Waals surface area contributed by atoms with E-state index in [9.17, 15) is 13.2 Å². The summed E-state index contributed by atoms with van der Waals surface area (Å²) in [6.07, 6.45) is 1.78.